The summed E-state index contributed by atoms with van der Waals surface area (Å²) >= 11 is 1.74. The van der Waals surface area contributed by atoms with Gasteiger partial charge in [0, 0.05) is 22.9 Å². The van der Waals surface area contributed by atoms with Crippen molar-refractivity contribution in [2.45, 2.75) is 43.4 Å². The summed E-state index contributed by atoms with van der Waals surface area (Å²) in [4.78, 5) is 13.2. The molecule has 0 saturated carbocycles. The van der Waals surface area contributed by atoms with E-state index in [0.717, 1.165) is 48.5 Å². The first-order valence-electron chi connectivity index (χ1n) is 7.03. The Labute approximate surface area is 123 Å². The Hall–Kier alpha value is -1.55. The van der Waals surface area contributed by atoms with Gasteiger partial charge in [0.05, 0.1) is 11.3 Å². The number of fused-ring (bicyclic) bond motifs is 1. The van der Waals surface area contributed by atoms with Gasteiger partial charge in [-0.05, 0) is 38.3 Å². The topological polar surface area (TPSA) is 34.9 Å². The molecule has 20 heavy (non-hydrogen) atoms. The van der Waals surface area contributed by atoms with Gasteiger partial charge >= 0.3 is 0 Å². The number of rotatable bonds is 4. The molecule has 2 heterocycles. The second-order valence-corrected chi connectivity index (χ2v) is 6.16. The van der Waals surface area contributed by atoms with Crippen molar-refractivity contribution in [3.8, 4) is 0 Å². The van der Waals surface area contributed by atoms with E-state index in [0.29, 0.717) is 0 Å². The number of Topliss-reactive ketones (excluding diaryl/α,β-unsaturated/α-hetero) is 1. The predicted molar refractivity (Wildman–Crippen MR) is 81.2 cm³/mol. The van der Waals surface area contributed by atoms with Crippen molar-refractivity contribution in [1.82, 2.24) is 9.78 Å². The van der Waals surface area contributed by atoms with Gasteiger partial charge < -0.3 is 0 Å². The number of aryl methyl sites for hydroxylation is 1. The van der Waals surface area contributed by atoms with Crippen LogP contribution in [0.3, 0.4) is 0 Å². The number of carbonyl (C=O) groups is 1. The van der Waals surface area contributed by atoms with Crippen molar-refractivity contribution >= 4 is 17.5 Å². The molecule has 4 heteroatoms. The molecule has 104 valence electrons. The Bertz CT molecular complexity index is 619. The highest BCUT2D eigenvalue weighted by Gasteiger charge is 2.22. The van der Waals surface area contributed by atoms with Gasteiger partial charge in [0.25, 0.3) is 0 Å². The summed E-state index contributed by atoms with van der Waals surface area (Å²) < 4.78 is 2.04. The fourth-order valence-electron chi connectivity index (χ4n) is 2.72. The van der Waals surface area contributed by atoms with E-state index in [1.54, 1.807) is 18.7 Å². The van der Waals surface area contributed by atoms with Gasteiger partial charge in [-0.3, -0.25) is 9.48 Å². The Morgan fingerprint density at radius 3 is 2.85 bits per heavy atom. The minimum atomic E-state index is 0.150. The molecule has 2 aromatic rings. The summed E-state index contributed by atoms with van der Waals surface area (Å²) in [6.45, 7) is 2.61. The molecule has 1 aliphatic rings. The highest BCUT2D eigenvalue weighted by atomic mass is 32.2. The van der Waals surface area contributed by atoms with E-state index in [4.69, 9.17) is 0 Å². The fourth-order valence-corrected chi connectivity index (χ4v) is 3.58. The first-order chi connectivity index (χ1) is 9.75. The van der Waals surface area contributed by atoms with E-state index in [2.05, 4.69) is 17.2 Å². The zero-order chi connectivity index (χ0) is 13.9. The van der Waals surface area contributed by atoms with Crippen LogP contribution in [0, 0.1) is 0 Å². The van der Waals surface area contributed by atoms with Crippen LogP contribution in [0.15, 0.2) is 35.2 Å². The lowest BCUT2D eigenvalue weighted by Crippen LogP contribution is -2.12. The number of hydrogen-bond donors (Lipinski definition) is 0. The largest absolute Gasteiger partial charge is 0.294 e. The minimum absolute atomic E-state index is 0.150. The molecule has 0 N–H and O–H groups in total. The second-order valence-electron chi connectivity index (χ2n) is 5.11. The summed E-state index contributed by atoms with van der Waals surface area (Å²) in [5.74, 6) is 0.913. The number of benzene rings is 1. The number of aromatic nitrogens is 2. The molecule has 3 rings (SSSR count). The van der Waals surface area contributed by atoms with Gasteiger partial charge in [-0.2, -0.15) is 5.10 Å². The number of nitrogens with zero attached hydrogens (tertiary/aromatic N) is 2. The third-order valence-corrected chi connectivity index (χ3v) is 4.66. The van der Waals surface area contributed by atoms with Gasteiger partial charge in [-0.25, -0.2) is 0 Å². The first-order valence-corrected chi connectivity index (χ1v) is 8.01. The van der Waals surface area contributed by atoms with Crippen LogP contribution >= 0.6 is 11.8 Å². The quantitative estimate of drug-likeness (QED) is 0.635. The van der Waals surface area contributed by atoms with Gasteiger partial charge in [-0.15, -0.1) is 11.8 Å². The summed E-state index contributed by atoms with van der Waals surface area (Å²) in [7, 11) is 0. The number of hydrogen-bond acceptors (Lipinski definition) is 3. The van der Waals surface area contributed by atoms with Gasteiger partial charge in [0.15, 0.2) is 5.78 Å². The van der Waals surface area contributed by atoms with Crippen LogP contribution in [-0.4, -0.2) is 15.6 Å². The summed E-state index contributed by atoms with van der Waals surface area (Å²) in [6.07, 6.45) is 3.31. The zero-order valence-corrected chi connectivity index (χ0v) is 12.4. The number of thioether (sulfide) groups is 1. The fraction of sp³-hybridized carbons (Fsp3) is 0.375. The lowest BCUT2D eigenvalue weighted by molar-refractivity contribution is 0.101. The Kier molecular flexibility index (Phi) is 3.92. The van der Waals surface area contributed by atoms with Crippen LogP contribution in [0.25, 0.3) is 0 Å². The average molecular weight is 286 g/mol. The SMILES string of the molecule is CC(=O)c1c(CSc2ccccc2)nn2c1CCCC2. The van der Waals surface area contributed by atoms with Gasteiger partial charge in [0.1, 0.15) is 0 Å². The van der Waals surface area contributed by atoms with Crippen LogP contribution in [-0.2, 0) is 18.7 Å². The lowest BCUT2D eigenvalue weighted by Gasteiger charge is -2.13. The van der Waals surface area contributed by atoms with Crippen molar-refractivity contribution in [2.24, 2.45) is 0 Å². The summed E-state index contributed by atoms with van der Waals surface area (Å²) in [5.41, 5.74) is 2.96. The lowest BCUT2D eigenvalue weighted by atomic mass is 10.0. The number of carbonyl (C=O) groups excluding carboxylic acids is 1. The monoisotopic (exact) mass is 286 g/mol. The molecule has 3 nitrogen and oxygen atoms in total. The standard InChI is InChI=1S/C16H18N2OS/c1-12(19)16-14(11-20-13-7-3-2-4-8-13)17-18-10-6-5-9-15(16)18/h2-4,7-8H,5-6,9-11H2,1H3. The zero-order valence-electron chi connectivity index (χ0n) is 11.6. The molecule has 0 spiro atoms. The van der Waals surface area contributed by atoms with Crippen LogP contribution in [0.1, 0.15) is 41.5 Å². The van der Waals surface area contributed by atoms with E-state index in [1.165, 1.54) is 4.90 Å². The van der Waals surface area contributed by atoms with E-state index in [-0.39, 0.29) is 5.78 Å². The first kappa shape index (κ1) is 13.4. The molecule has 1 aromatic heterocycles. The smallest absolute Gasteiger partial charge is 0.163 e. The molecule has 0 fully saturated rings. The highest BCUT2D eigenvalue weighted by molar-refractivity contribution is 7.98. The molecule has 0 atom stereocenters. The maximum atomic E-state index is 11.9. The molecule has 0 radical (unpaired) electrons. The van der Waals surface area contributed by atoms with Gasteiger partial charge in [0.2, 0.25) is 0 Å². The van der Waals surface area contributed by atoms with Crippen LogP contribution in [0.5, 0.6) is 0 Å². The van der Waals surface area contributed by atoms with Crippen molar-refractivity contribution in [3.05, 3.63) is 47.3 Å². The highest BCUT2D eigenvalue weighted by Crippen LogP contribution is 2.28. The normalized spacial score (nSPS) is 14.1. The van der Waals surface area contributed by atoms with E-state index < -0.39 is 0 Å². The van der Waals surface area contributed by atoms with Crippen LogP contribution in [0.2, 0.25) is 0 Å². The van der Waals surface area contributed by atoms with Crippen molar-refractivity contribution in [1.29, 1.82) is 0 Å². The average Bonchev–Trinajstić information content (AvgIpc) is 2.84. The molecular formula is C16H18N2OS. The minimum Gasteiger partial charge on any atom is -0.294 e. The molecule has 0 saturated heterocycles. The molecule has 1 aliphatic heterocycles. The second kappa shape index (κ2) is 5.83. The number of ketones is 1. The third kappa shape index (κ3) is 2.66. The van der Waals surface area contributed by atoms with Crippen LogP contribution < -0.4 is 0 Å². The summed E-state index contributed by atoms with van der Waals surface area (Å²) in [6, 6.07) is 10.3. The molecule has 1 aromatic carbocycles. The molecule has 0 bridgehead atoms. The molecule has 0 aliphatic carbocycles. The molecular weight excluding hydrogens is 268 g/mol. The Morgan fingerprint density at radius 1 is 1.30 bits per heavy atom. The van der Waals surface area contributed by atoms with E-state index in [1.807, 2.05) is 22.9 Å². The van der Waals surface area contributed by atoms with E-state index in [9.17, 15) is 4.79 Å². The summed E-state index contributed by atoms with van der Waals surface area (Å²) in [5, 5.41) is 4.66. The van der Waals surface area contributed by atoms with Gasteiger partial charge in [-0.1, -0.05) is 18.2 Å². The third-order valence-electron chi connectivity index (χ3n) is 3.63. The maximum absolute atomic E-state index is 11.9. The van der Waals surface area contributed by atoms with Crippen molar-refractivity contribution in [2.75, 3.05) is 0 Å². The van der Waals surface area contributed by atoms with Crippen molar-refractivity contribution in [3.63, 3.8) is 0 Å². The van der Waals surface area contributed by atoms with E-state index >= 15 is 0 Å². The Balaban J connectivity index is 1.85. The molecule has 0 unspecified atom stereocenters. The Morgan fingerprint density at radius 2 is 2.10 bits per heavy atom. The maximum Gasteiger partial charge on any atom is 0.163 e. The molecule has 0 amide bonds. The van der Waals surface area contributed by atoms with Crippen molar-refractivity contribution < 1.29 is 4.79 Å². The van der Waals surface area contributed by atoms with Crippen LogP contribution in [0.4, 0.5) is 0 Å². The predicted octanol–water partition coefficient (Wildman–Crippen LogP) is 3.71.